The number of para-hydroxylation sites is 1. The molecule has 1 aromatic carbocycles. The molecule has 3 nitrogen and oxygen atoms in total. The van der Waals surface area contributed by atoms with E-state index in [9.17, 15) is 0 Å². The van der Waals surface area contributed by atoms with Gasteiger partial charge < -0.3 is 15.0 Å². The van der Waals surface area contributed by atoms with Crippen LogP contribution in [0.4, 0.5) is 0 Å². The van der Waals surface area contributed by atoms with Gasteiger partial charge in [0.05, 0.1) is 0 Å². The fourth-order valence-corrected chi connectivity index (χ4v) is 2.91. The number of ether oxygens (including phenoxy) is 1. The molecule has 0 bridgehead atoms. The van der Waals surface area contributed by atoms with Gasteiger partial charge in [-0.3, -0.25) is 0 Å². The summed E-state index contributed by atoms with van der Waals surface area (Å²) in [6.45, 7) is 9.94. The molecule has 0 amide bonds. The Morgan fingerprint density at radius 2 is 1.95 bits per heavy atom. The van der Waals surface area contributed by atoms with Gasteiger partial charge in [0.25, 0.3) is 0 Å². The number of hydrogen-bond acceptors (Lipinski definition) is 3. The molecule has 1 N–H and O–H groups in total. The molecular formula is C17H28N2O. The minimum atomic E-state index is 0.591. The van der Waals surface area contributed by atoms with Gasteiger partial charge in [-0.15, -0.1) is 0 Å². The first-order valence-electron chi connectivity index (χ1n) is 7.93. The Bertz CT molecular complexity index is 361. The Labute approximate surface area is 123 Å². The zero-order valence-electron chi connectivity index (χ0n) is 12.8. The van der Waals surface area contributed by atoms with Gasteiger partial charge in [-0.2, -0.15) is 0 Å². The number of nitrogens with one attached hydrogen (secondary N) is 1. The van der Waals surface area contributed by atoms with E-state index in [0.717, 1.165) is 24.8 Å². The molecule has 1 atom stereocenters. The Balaban J connectivity index is 1.59. The van der Waals surface area contributed by atoms with Gasteiger partial charge >= 0.3 is 0 Å². The zero-order valence-corrected chi connectivity index (χ0v) is 12.8. The highest BCUT2D eigenvalue weighted by atomic mass is 16.5. The molecular weight excluding hydrogens is 248 g/mol. The van der Waals surface area contributed by atoms with E-state index in [4.69, 9.17) is 4.74 Å². The molecule has 20 heavy (non-hydrogen) atoms. The molecule has 2 rings (SSSR count). The Morgan fingerprint density at radius 1 is 1.25 bits per heavy atom. The second kappa shape index (κ2) is 8.28. The minimum Gasteiger partial charge on any atom is -0.492 e. The highest BCUT2D eigenvalue weighted by Gasteiger charge is 2.22. The first-order valence-corrected chi connectivity index (χ1v) is 7.93. The van der Waals surface area contributed by atoms with E-state index in [1.54, 1.807) is 0 Å². The molecule has 0 radical (unpaired) electrons. The van der Waals surface area contributed by atoms with Gasteiger partial charge in [0.15, 0.2) is 0 Å². The third kappa shape index (κ3) is 4.80. The van der Waals surface area contributed by atoms with Crippen molar-refractivity contribution in [2.24, 2.45) is 5.92 Å². The number of hydrogen-bond donors (Lipinski definition) is 1. The quantitative estimate of drug-likeness (QED) is 0.775. The van der Waals surface area contributed by atoms with E-state index >= 15 is 0 Å². The van der Waals surface area contributed by atoms with Crippen LogP contribution in [0.2, 0.25) is 0 Å². The molecule has 0 aromatic heterocycles. The van der Waals surface area contributed by atoms with Gasteiger partial charge in [-0.1, -0.05) is 25.1 Å². The van der Waals surface area contributed by atoms with Crippen molar-refractivity contribution in [3.05, 3.63) is 30.3 Å². The van der Waals surface area contributed by atoms with E-state index < -0.39 is 0 Å². The van der Waals surface area contributed by atoms with Crippen molar-refractivity contribution in [2.45, 2.75) is 32.7 Å². The number of likely N-dealkylation sites (tertiary alicyclic amines) is 1. The van der Waals surface area contributed by atoms with E-state index in [2.05, 4.69) is 24.1 Å². The standard InChI is InChI=1S/C17H28N2O/c1-3-19-12-9-16(10-13-19)15(2)18-11-14-20-17-7-5-4-6-8-17/h4-8,15-16,18H,3,9-14H2,1-2H3. The number of rotatable bonds is 7. The molecule has 1 aliphatic rings. The van der Waals surface area contributed by atoms with Gasteiger partial charge in [0.1, 0.15) is 12.4 Å². The number of benzene rings is 1. The highest BCUT2D eigenvalue weighted by Crippen LogP contribution is 2.20. The lowest BCUT2D eigenvalue weighted by atomic mass is 9.90. The number of piperidine rings is 1. The first-order chi connectivity index (χ1) is 9.79. The maximum absolute atomic E-state index is 5.71. The van der Waals surface area contributed by atoms with Crippen LogP contribution in [0.5, 0.6) is 5.75 Å². The predicted molar refractivity (Wildman–Crippen MR) is 84.2 cm³/mol. The van der Waals surface area contributed by atoms with Crippen LogP contribution in [0.15, 0.2) is 30.3 Å². The Hall–Kier alpha value is -1.06. The van der Waals surface area contributed by atoms with Crippen LogP contribution >= 0.6 is 0 Å². The van der Waals surface area contributed by atoms with E-state index in [1.807, 2.05) is 30.3 Å². The summed E-state index contributed by atoms with van der Waals surface area (Å²) in [5.41, 5.74) is 0. The van der Waals surface area contributed by atoms with Gasteiger partial charge in [-0.25, -0.2) is 0 Å². The van der Waals surface area contributed by atoms with Crippen LogP contribution in [0.25, 0.3) is 0 Å². The third-order valence-electron chi connectivity index (χ3n) is 4.37. The average Bonchev–Trinajstić information content (AvgIpc) is 2.52. The van der Waals surface area contributed by atoms with Crippen molar-refractivity contribution < 1.29 is 4.74 Å². The topological polar surface area (TPSA) is 24.5 Å². The maximum atomic E-state index is 5.71. The lowest BCUT2D eigenvalue weighted by molar-refractivity contribution is 0.166. The summed E-state index contributed by atoms with van der Waals surface area (Å²) < 4.78 is 5.71. The van der Waals surface area contributed by atoms with Crippen LogP contribution < -0.4 is 10.1 Å². The average molecular weight is 276 g/mol. The summed E-state index contributed by atoms with van der Waals surface area (Å²) in [6.07, 6.45) is 2.64. The molecule has 0 spiro atoms. The van der Waals surface area contributed by atoms with Crippen molar-refractivity contribution in [3.8, 4) is 5.75 Å². The van der Waals surface area contributed by atoms with Crippen LogP contribution in [-0.2, 0) is 0 Å². The third-order valence-corrected chi connectivity index (χ3v) is 4.37. The summed E-state index contributed by atoms with van der Waals surface area (Å²) in [4.78, 5) is 2.54. The molecule has 0 saturated carbocycles. The summed E-state index contributed by atoms with van der Waals surface area (Å²) in [5.74, 6) is 1.77. The fraction of sp³-hybridized carbons (Fsp3) is 0.647. The summed E-state index contributed by atoms with van der Waals surface area (Å²) in [7, 11) is 0. The highest BCUT2D eigenvalue weighted by molar-refractivity contribution is 5.20. The van der Waals surface area contributed by atoms with Crippen LogP contribution in [0, 0.1) is 5.92 Å². The summed E-state index contributed by atoms with van der Waals surface area (Å²) in [6, 6.07) is 10.6. The largest absolute Gasteiger partial charge is 0.492 e. The van der Waals surface area contributed by atoms with Crippen LogP contribution in [-0.4, -0.2) is 43.7 Å². The van der Waals surface area contributed by atoms with Crippen molar-refractivity contribution in [2.75, 3.05) is 32.8 Å². The van der Waals surface area contributed by atoms with Crippen LogP contribution in [0.1, 0.15) is 26.7 Å². The SMILES string of the molecule is CCN1CCC(C(C)NCCOc2ccccc2)CC1. The smallest absolute Gasteiger partial charge is 0.119 e. The Kier molecular flexibility index (Phi) is 6.34. The first kappa shape index (κ1) is 15.3. The summed E-state index contributed by atoms with van der Waals surface area (Å²) in [5, 5.41) is 3.61. The molecule has 1 fully saturated rings. The molecule has 1 saturated heterocycles. The lowest BCUT2D eigenvalue weighted by Crippen LogP contribution is -2.42. The van der Waals surface area contributed by atoms with Gasteiger partial charge in [0.2, 0.25) is 0 Å². The molecule has 3 heteroatoms. The second-order valence-electron chi connectivity index (χ2n) is 5.68. The second-order valence-corrected chi connectivity index (χ2v) is 5.68. The van der Waals surface area contributed by atoms with Crippen molar-refractivity contribution in [1.29, 1.82) is 0 Å². The monoisotopic (exact) mass is 276 g/mol. The van der Waals surface area contributed by atoms with E-state index in [0.29, 0.717) is 6.04 Å². The molecule has 1 heterocycles. The Morgan fingerprint density at radius 3 is 2.60 bits per heavy atom. The maximum Gasteiger partial charge on any atom is 0.119 e. The summed E-state index contributed by atoms with van der Waals surface area (Å²) >= 11 is 0. The molecule has 1 aliphatic heterocycles. The normalized spacial score (nSPS) is 18.9. The predicted octanol–water partition coefficient (Wildman–Crippen LogP) is 2.78. The lowest BCUT2D eigenvalue weighted by Gasteiger charge is -2.34. The van der Waals surface area contributed by atoms with Crippen molar-refractivity contribution in [3.63, 3.8) is 0 Å². The number of nitrogens with zero attached hydrogens (tertiary/aromatic N) is 1. The zero-order chi connectivity index (χ0) is 14.2. The van der Waals surface area contributed by atoms with E-state index in [-0.39, 0.29) is 0 Å². The van der Waals surface area contributed by atoms with Crippen molar-refractivity contribution in [1.82, 2.24) is 10.2 Å². The van der Waals surface area contributed by atoms with E-state index in [1.165, 1.54) is 32.5 Å². The minimum absolute atomic E-state index is 0.591. The molecule has 0 aliphatic carbocycles. The fourth-order valence-electron chi connectivity index (χ4n) is 2.91. The van der Waals surface area contributed by atoms with Gasteiger partial charge in [-0.05, 0) is 57.5 Å². The molecule has 1 aromatic rings. The molecule has 112 valence electrons. The van der Waals surface area contributed by atoms with Crippen LogP contribution in [0.3, 0.4) is 0 Å². The van der Waals surface area contributed by atoms with Gasteiger partial charge in [0, 0.05) is 12.6 Å². The molecule has 1 unspecified atom stereocenters. The van der Waals surface area contributed by atoms with Crippen molar-refractivity contribution >= 4 is 0 Å².